The van der Waals surface area contributed by atoms with Gasteiger partial charge >= 0.3 is 0 Å². The van der Waals surface area contributed by atoms with Crippen LogP contribution in [-0.2, 0) is 6.61 Å². The van der Waals surface area contributed by atoms with Crippen molar-refractivity contribution in [2.75, 3.05) is 7.11 Å². The molecule has 3 nitrogen and oxygen atoms in total. The molecule has 0 unspecified atom stereocenters. The first-order chi connectivity index (χ1) is 9.65. The van der Waals surface area contributed by atoms with E-state index in [0.29, 0.717) is 27.1 Å². The fourth-order valence-corrected chi connectivity index (χ4v) is 2.06. The van der Waals surface area contributed by atoms with Crippen LogP contribution in [0.25, 0.3) is 0 Å². The number of rotatable bonds is 4. The molecule has 0 N–H and O–H groups in total. The number of hydrogen-bond donors (Lipinski definition) is 0. The van der Waals surface area contributed by atoms with Crippen LogP contribution in [0.1, 0.15) is 11.1 Å². The molecule has 0 saturated heterocycles. The fraction of sp³-hybridized carbons (Fsp3) is 0.133. The molecule has 0 bridgehead atoms. The van der Waals surface area contributed by atoms with Crippen molar-refractivity contribution in [3.8, 4) is 17.6 Å². The zero-order valence-electron chi connectivity index (χ0n) is 10.7. The Labute approximate surface area is 127 Å². The van der Waals surface area contributed by atoms with Gasteiger partial charge in [-0.05, 0) is 30.3 Å². The molecule has 0 radical (unpaired) electrons. The molecule has 5 heteroatoms. The maximum absolute atomic E-state index is 8.92. The van der Waals surface area contributed by atoms with Crippen LogP contribution in [0.4, 0.5) is 0 Å². The predicted molar refractivity (Wildman–Crippen MR) is 78.5 cm³/mol. The topological polar surface area (TPSA) is 42.2 Å². The van der Waals surface area contributed by atoms with Gasteiger partial charge in [-0.15, -0.1) is 0 Å². The normalized spacial score (nSPS) is 9.90. The zero-order valence-corrected chi connectivity index (χ0v) is 12.2. The number of ether oxygens (including phenoxy) is 2. The third-order valence-electron chi connectivity index (χ3n) is 2.71. The molecule has 0 aliphatic rings. The van der Waals surface area contributed by atoms with Gasteiger partial charge in [0.05, 0.1) is 23.8 Å². The third-order valence-corrected chi connectivity index (χ3v) is 3.51. The minimum atomic E-state index is 0.235. The van der Waals surface area contributed by atoms with Gasteiger partial charge in [-0.25, -0.2) is 0 Å². The number of benzene rings is 2. The van der Waals surface area contributed by atoms with Crippen LogP contribution in [-0.4, -0.2) is 7.11 Å². The lowest BCUT2D eigenvalue weighted by Crippen LogP contribution is -2.00. The summed E-state index contributed by atoms with van der Waals surface area (Å²) in [7, 11) is 1.57. The van der Waals surface area contributed by atoms with Crippen molar-refractivity contribution < 1.29 is 9.47 Å². The molecule has 2 aromatic rings. The van der Waals surface area contributed by atoms with Crippen molar-refractivity contribution >= 4 is 23.2 Å². The Hall–Kier alpha value is -1.89. The molecule has 0 fully saturated rings. The summed E-state index contributed by atoms with van der Waals surface area (Å²) in [5.74, 6) is 1.14. The van der Waals surface area contributed by atoms with Crippen LogP contribution in [0.3, 0.4) is 0 Å². The van der Waals surface area contributed by atoms with Gasteiger partial charge in [0.2, 0.25) is 0 Å². The number of nitrogens with zero attached hydrogens (tertiary/aromatic N) is 1. The maximum atomic E-state index is 8.92. The van der Waals surface area contributed by atoms with Crippen LogP contribution < -0.4 is 9.47 Å². The SMILES string of the molecule is COc1ccc(C#N)cc1COc1cccc(Cl)c1Cl. The molecular formula is C15H11Cl2NO2. The number of hydrogen-bond acceptors (Lipinski definition) is 3. The van der Waals surface area contributed by atoms with Crippen LogP contribution in [0.2, 0.25) is 10.0 Å². The second-order valence-electron chi connectivity index (χ2n) is 3.98. The predicted octanol–water partition coefficient (Wildman–Crippen LogP) is 4.45. The van der Waals surface area contributed by atoms with Gasteiger partial charge in [0.15, 0.2) is 0 Å². The molecule has 0 amide bonds. The highest BCUT2D eigenvalue weighted by molar-refractivity contribution is 6.42. The highest BCUT2D eigenvalue weighted by Gasteiger charge is 2.09. The molecule has 2 rings (SSSR count). The second-order valence-corrected chi connectivity index (χ2v) is 4.76. The summed E-state index contributed by atoms with van der Waals surface area (Å²) < 4.78 is 10.9. The monoisotopic (exact) mass is 307 g/mol. The minimum absolute atomic E-state index is 0.235. The molecular weight excluding hydrogens is 297 g/mol. The molecule has 0 atom stereocenters. The minimum Gasteiger partial charge on any atom is -0.496 e. The number of nitriles is 1. The van der Waals surface area contributed by atoms with E-state index in [9.17, 15) is 0 Å². The lowest BCUT2D eigenvalue weighted by molar-refractivity contribution is 0.297. The van der Waals surface area contributed by atoms with Crippen molar-refractivity contribution in [3.05, 3.63) is 57.6 Å². The number of halogens is 2. The smallest absolute Gasteiger partial charge is 0.139 e. The molecule has 102 valence electrons. The van der Waals surface area contributed by atoms with Crippen LogP contribution in [0, 0.1) is 11.3 Å². The van der Waals surface area contributed by atoms with Crippen molar-refractivity contribution in [1.82, 2.24) is 0 Å². The molecule has 0 heterocycles. The molecule has 0 aromatic heterocycles. The molecule has 0 saturated carbocycles. The average Bonchev–Trinajstić information content (AvgIpc) is 2.48. The highest BCUT2D eigenvalue weighted by atomic mass is 35.5. The van der Waals surface area contributed by atoms with E-state index in [1.54, 1.807) is 43.5 Å². The Balaban J connectivity index is 2.22. The fourth-order valence-electron chi connectivity index (χ4n) is 1.71. The Bertz CT molecular complexity index is 665. The summed E-state index contributed by atoms with van der Waals surface area (Å²) in [6.07, 6.45) is 0. The quantitative estimate of drug-likeness (QED) is 0.838. The first kappa shape index (κ1) is 14.5. The summed E-state index contributed by atoms with van der Waals surface area (Å²) in [4.78, 5) is 0. The van der Waals surface area contributed by atoms with Crippen LogP contribution in [0.15, 0.2) is 36.4 Å². The van der Waals surface area contributed by atoms with E-state index in [0.717, 1.165) is 5.56 Å². The van der Waals surface area contributed by atoms with E-state index >= 15 is 0 Å². The van der Waals surface area contributed by atoms with E-state index in [1.165, 1.54) is 0 Å². The lowest BCUT2D eigenvalue weighted by atomic mass is 10.1. The Kier molecular flexibility index (Phi) is 4.73. The van der Waals surface area contributed by atoms with Gasteiger partial charge < -0.3 is 9.47 Å². The summed E-state index contributed by atoms with van der Waals surface area (Å²) in [5.41, 5.74) is 1.31. The third kappa shape index (κ3) is 3.16. The van der Waals surface area contributed by atoms with E-state index in [4.69, 9.17) is 37.9 Å². The number of methoxy groups -OCH3 is 1. The standard InChI is InChI=1S/C15H11Cl2NO2/c1-19-13-6-5-10(8-18)7-11(13)9-20-14-4-2-3-12(16)15(14)17/h2-7H,9H2,1H3. The first-order valence-corrected chi connectivity index (χ1v) is 6.55. The van der Waals surface area contributed by atoms with Crippen molar-refractivity contribution in [2.24, 2.45) is 0 Å². The highest BCUT2D eigenvalue weighted by Crippen LogP contribution is 2.32. The van der Waals surface area contributed by atoms with E-state index < -0.39 is 0 Å². The van der Waals surface area contributed by atoms with Gasteiger partial charge in [0.1, 0.15) is 23.1 Å². The summed E-state index contributed by atoms with van der Waals surface area (Å²) in [6.45, 7) is 0.235. The first-order valence-electron chi connectivity index (χ1n) is 5.79. The van der Waals surface area contributed by atoms with Crippen molar-refractivity contribution in [3.63, 3.8) is 0 Å². The van der Waals surface area contributed by atoms with Crippen LogP contribution >= 0.6 is 23.2 Å². The van der Waals surface area contributed by atoms with Gasteiger partial charge in [0, 0.05) is 5.56 Å². The summed E-state index contributed by atoms with van der Waals surface area (Å²) in [6, 6.07) is 12.4. The molecule has 2 aromatic carbocycles. The maximum Gasteiger partial charge on any atom is 0.139 e. The molecule has 0 aliphatic heterocycles. The van der Waals surface area contributed by atoms with Crippen LogP contribution in [0.5, 0.6) is 11.5 Å². The van der Waals surface area contributed by atoms with Crippen molar-refractivity contribution in [1.29, 1.82) is 5.26 Å². The van der Waals surface area contributed by atoms with Gasteiger partial charge in [-0.3, -0.25) is 0 Å². The van der Waals surface area contributed by atoms with Gasteiger partial charge in [-0.2, -0.15) is 5.26 Å². The molecule has 0 spiro atoms. The van der Waals surface area contributed by atoms with Gasteiger partial charge in [-0.1, -0.05) is 29.3 Å². The summed E-state index contributed by atoms with van der Waals surface area (Å²) in [5, 5.41) is 9.72. The van der Waals surface area contributed by atoms with E-state index in [1.807, 2.05) is 0 Å². The molecule has 20 heavy (non-hydrogen) atoms. The Morgan fingerprint density at radius 1 is 1.15 bits per heavy atom. The molecule has 0 aliphatic carbocycles. The van der Waals surface area contributed by atoms with E-state index in [-0.39, 0.29) is 6.61 Å². The largest absolute Gasteiger partial charge is 0.496 e. The average molecular weight is 308 g/mol. The lowest BCUT2D eigenvalue weighted by Gasteiger charge is -2.12. The Morgan fingerprint density at radius 2 is 1.95 bits per heavy atom. The summed E-state index contributed by atoms with van der Waals surface area (Å²) >= 11 is 12.0. The van der Waals surface area contributed by atoms with Gasteiger partial charge in [0.25, 0.3) is 0 Å². The zero-order chi connectivity index (χ0) is 14.5. The van der Waals surface area contributed by atoms with E-state index in [2.05, 4.69) is 6.07 Å². The van der Waals surface area contributed by atoms with Crippen molar-refractivity contribution in [2.45, 2.75) is 6.61 Å². The Morgan fingerprint density at radius 3 is 2.65 bits per heavy atom. The second kappa shape index (κ2) is 6.51.